The van der Waals surface area contributed by atoms with Crippen LogP contribution in [0.4, 0.5) is 0 Å². The maximum absolute atomic E-state index is 6.11. The number of imidazole rings is 1. The van der Waals surface area contributed by atoms with Crippen LogP contribution in [0.25, 0.3) is 17.1 Å². The molecule has 0 atom stereocenters. The molecule has 0 saturated heterocycles. The fraction of sp³-hybridized carbons (Fsp3) is 0.143. The molecule has 0 radical (unpaired) electrons. The molecule has 6 aromatic carbocycles. The van der Waals surface area contributed by atoms with E-state index in [0.29, 0.717) is 46.0 Å². The second kappa shape index (κ2) is 20.4. The Labute approximate surface area is 377 Å². The number of rotatable bonds is 10. The molecule has 8 rings (SSSR count). The van der Waals surface area contributed by atoms with Crippen LogP contribution in [-0.2, 0) is 51.8 Å². The first-order valence-corrected chi connectivity index (χ1v) is 18.4. The first-order chi connectivity index (χ1) is 27.6. The van der Waals surface area contributed by atoms with Crippen molar-refractivity contribution in [1.82, 2.24) is 19.3 Å². The average Bonchev–Trinajstić information content (AvgIpc) is 3.80. The molecule has 0 aliphatic carbocycles. The molecule has 0 N–H and O–H groups in total. The van der Waals surface area contributed by atoms with E-state index in [1.165, 1.54) is 0 Å². The van der Waals surface area contributed by atoms with Gasteiger partial charge in [-0.25, -0.2) is 0 Å². The third kappa shape index (κ3) is 11.3. The van der Waals surface area contributed by atoms with Crippen molar-refractivity contribution in [2.45, 2.75) is 41.5 Å². The van der Waals surface area contributed by atoms with Crippen LogP contribution in [0.5, 0.6) is 46.0 Å². The second-order valence-corrected chi connectivity index (χ2v) is 13.5. The number of ether oxygens (including phenoxy) is 4. The summed E-state index contributed by atoms with van der Waals surface area (Å²) in [4.78, 5) is 4.37. The van der Waals surface area contributed by atoms with Gasteiger partial charge in [0.1, 0.15) is 0 Å². The van der Waals surface area contributed by atoms with Gasteiger partial charge in [0.05, 0.1) is 11.5 Å². The van der Waals surface area contributed by atoms with Crippen molar-refractivity contribution in [3.8, 4) is 63.1 Å². The topological polar surface area (TPSA) is 72.6 Å². The van der Waals surface area contributed by atoms with Crippen molar-refractivity contribution in [3.05, 3.63) is 186 Å². The number of hydrogen-bond donors (Lipinski definition) is 0. The molecule has 0 aliphatic rings. The van der Waals surface area contributed by atoms with Crippen molar-refractivity contribution < 1.29 is 63.7 Å². The Morgan fingerprint density at radius 1 is 0.525 bits per heavy atom. The van der Waals surface area contributed by atoms with Crippen molar-refractivity contribution in [3.63, 3.8) is 0 Å². The second-order valence-electron chi connectivity index (χ2n) is 13.5. The van der Waals surface area contributed by atoms with E-state index < -0.39 is 0 Å². The summed E-state index contributed by atoms with van der Waals surface area (Å²) >= 11 is 0. The Morgan fingerprint density at radius 2 is 1.02 bits per heavy atom. The van der Waals surface area contributed by atoms with E-state index in [0.717, 1.165) is 50.7 Å². The summed E-state index contributed by atoms with van der Waals surface area (Å²) in [5, 5.41) is 4.52. The maximum Gasteiger partial charge on any atom is 3.00 e. The smallest absolute Gasteiger partial charge is 0.509 e. The summed E-state index contributed by atoms with van der Waals surface area (Å²) in [6.45, 7) is 11.9. The van der Waals surface area contributed by atoms with Crippen LogP contribution in [0.1, 0.15) is 33.6 Å². The van der Waals surface area contributed by atoms with Crippen LogP contribution < -0.4 is 18.9 Å². The minimum Gasteiger partial charge on any atom is -0.509 e. The van der Waals surface area contributed by atoms with Crippen LogP contribution in [-0.4, -0.2) is 19.3 Å². The molecule has 0 bridgehead atoms. The van der Waals surface area contributed by atoms with Gasteiger partial charge in [0.15, 0.2) is 0 Å². The fourth-order valence-electron chi connectivity index (χ4n) is 6.01. The molecule has 302 valence electrons. The molecule has 0 unspecified atom stereocenters. The Balaban J connectivity index is 0.000000217. The van der Waals surface area contributed by atoms with Gasteiger partial charge in [-0.3, -0.25) is 9.67 Å². The van der Waals surface area contributed by atoms with E-state index >= 15 is 0 Å². The molecule has 59 heavy (non-hydrogen) atoms. The number of benzene rings is 6. The van der Waals surface area contributed by atoms with Crippen molar-refractivity contribution in [1.29, 1.82) is 0 Å². The number of aryl methyl sites for hydroxylation is 7. The molecule has 2 aromatic heterocycles. The molecule has 10 heteroatoms. The SMILES string of the molecule is Cc1cc(C)c(Oc2[c-]c(-c3nccn3C)ccc2)[c-]c1Oc1[c-]cccc1.Cc1cc(C)n(-c2[c-]c(Oc3[c-]c(Oc4[c-]cccc4)c(C)cc3C)ccc2)n1.[Au+3].[Au+3]. The van der Waals surface area contributed by atoms with Crippen LogP contribution in [0.2, 0.25) is 0 Å². The van der Waals surface area contributed by atoms with Gasteiger partial charge in [0, 0.05) is 71.1 Å². The quantitative estimate of drug-likeness (QED) is 0.100. The fourth-order valence-corrected chi connectivity index (χ4v) is 6.01. The van der Waals surface area contributed by atoms with Gasteiger partial charge in [-0.1, -0.05) is 45.9 Å². The first-order valence-electron chi connectivity index (χ1n) is 18.4. The monoisotopic (exact) mass is 1140 g/mol. The summed E-state index contributed by atoms with van der Waals surface area (Å²) < 4.78 is 27.9. The number of hydrogen-bond acceptors (Lipinski definition) is 6. The summed E-state index contributed by atoms with van der Waals surface area (Å²) in [6.07, 6.45) is 3.66. The number of para-hydroxylation sites is 2. The predicted octanol–water partition coefficient (Wildman–Crippen LogP) is 11.8. The third-order valence-electron chi connectivity index (χ3n) is 8.78. The summed E-state index contributed by atoms with van der Waals surface area (Å²) in [7, 11) is 1.95. The van der Waals surface area contributed by atoms with E-state index in [1.807, 2.05) is 167 Å². The Kier molecular flexibility index (Phi) is 15.4. The summed E-state index contributed by atoms with van der Waals surface area (Å²) in [5.41, 5.74) is 7.60. The minimum absolute atomic E-state index is 0. The van der Waals surface area contributed by atoms with Gasteiger partial charge in [-0.05, 0) is 25.6 Å². The van der Waals surface area contributed by atoms with E-state index in [2.05, 4.69) is 46.5 Å². The van der Waals surface area contributed by atoms with Crippen molar-refractivity contribution in [2.75, 3.05) is 0 Å². The normalized spacial score (nSPS) is 10.4. The van der Waals surface area contributed by atoms with Crippen molar-refractivity contribution in [2.24, 2.45) is 7.05 Å². The van der Waals surface area contributed by atoms with Gasteiger partial charge >= 0.3 is 44.8 Å². The van der Waals surface area contributed by atoms with Crippen LogP contribution in [0.15, 0.2) is 116 Å². The average molecular weight is 1140 g/mol. The summed E-state index contributed by atoms with van der Waals surface area (Å²) in [5.74, 6) is 5.73. The Bertz CT molecular complexity index is 2620. The van der Waals surface area contributed by atoms with E-state index in [9.17, 15) is 0 Å². The predicted molar refractivity (Wildman–Crippen MR) is 220 cm³/mol. The molecule has 0 aliphatic heterocycles. The van der Waals surface area contributed by atoms with Gasteiger partial charge in [-0.2, -0.15) is 59.7 Å². The maximum atomic E-state index is 6.11. The van der Waals surface area contributed by atoms with Crippen molar-refractivity contribution >= 4 is 0 Å². The number of aromatic nitrogens is 4. The Hall–Kier alpha value is -5.58. The third-order valence-corrected chi connectivity index (χ3v) is 8.78. The van der Waals surface area contributed by atoms with Gasteiger partial charge in [-0.15, -0.1) is 88.5 Å². The van der Waals surface area contributed by atoms with Gasteiger partial charge < -0.3 is 23.5 Å². The van der Waals surface area contributed by atoms with Crippen LogP contribution in [0, 0.1) is 77.9 Å². The Morgan fingerprint density at radius 3 is 1.47 bits per heavy atom. The largest absolute Gasteiger partial charge is 3.00 e. The molecule has 0 spiro atoms. The molecule has 2 heterocycles. The van der Waals surface area contributed by atoms with Gasteiger partial charge in [0.25, 0.3) is 0 Å². The molecule has 8 aromatic rings. The minimum atomic E-state index is 0. The standard InChI is InChI=1S/C25H21N2O2.C24H19N2O2.2Au/c1-17-13-18(2)25(16-24(17)28-22-10-6-5-7-11-22)29-23-12-8-9-21(15-23)27-20(4)14-19(3)26-27;1-17-14-18(2)23(16-22(17)27-20-9-5-4-6-10-20)28-21-11-7-8-19(15-21)24-25-12-13-26(24)3;;/h5-10,12-14H,1-4H3;4-9,11-14H,1-3H3;;/q2*-3;2*+3. The molecule has 0 fully saturated rings. The number of nitrogens with zero attached hydrogens (tertiary/aromatic N) is 4. The zero-order valence-electron chi connectivity index (χ0n) is 33.5. The first kappa shape index (κ1) is 44.5. The molecular formula is C49H40Au2N4O4. The zero-order valence-corrected chi connectivity index (χ0v) is 37.8. The molecule has 8 nitrogen and oxygen atoms in total. The molecule has 0 saturated carbocycles. The van der Waals surface area contributed by atoms with Crippen LogP contribution >= 0.6 is 0 Å². The summed E-state index contributed by atoms with van der Waals surface area (Å²) in [6, 6.07) is 51.7. The van der Waals surface area contributed by atoms with E-state index in [1.54, 1.807) is 6.20 Å². The van der Waals surface area contributed by atoms with Gasteiger partial charge in [0.2, 0.25) is 0 Å². The zero-order chi connectivity index (χ0) is 39.9. The molecular weight excluding hydrogens is 1100 g/mol. The van der Waals surface area contributed by atoms with Crippen LogP contribution in [0.3, 0.4) is 0 Å². The molecule has 0 amide bonds. The van der Waals surface area contributed by atoms with E-state index in [4.69, 9.17) is 18.9 Å². The van der Waals surface area contributed by atoms with E-state index in [-0.39, 0.29) is 44.8 Å².